The minimum absolute atomic E-state index is 0.0238. The highest BCUT2D eigenvalue weighted by molar-refractivity contribution is 7.89. The quantitative estimate of drug-likeness (QED) is 0.849. The highest BCUT2D eigenvalue weighted by Crippen LogP contribution is 2.16. The Morgan fingerprint density at radius 3 is 2.84 bits per heavy atom. The Labute approximate surface area is 111 Å². The molecule has 2 rings (SSSR count). The first kappa shape index (κ1) is 14.0. The van der Waals surface area contributed by atoms with Crippen molar-refractivity contribution in [2.24, 2.45) is 0 Å². The molecule has 1 aromatic heterocycles. The normalized spacial score (nSPS) is 17.2. The molecule has 1 N–H and O–H groups in total. The van der Waals surface area contributed by atoms with E-state index < -0.39 is 10.0 Å². The Morgan fingerprint density at radius 2 is 2.11 bits per heavy atom. The number of furan rings is 1. The maximum atomic E-state index is 12.1. The molecule has 7 nitrogen and oxygen atoms in total. The van der Waals surface area contributed by atoms with E-state index in [1.165, 1.54) is 19.2 Å². The van der Waals surface area contributed by atoms with Gasteiger partial charge in [-0.25, -0.2) is 13.1 Å². The van der Waals surface area contributed by atoms with E-state index in [0.717, 1.165) is 6.42 Å². The Kier molecular flexibility index (Phi) is 4.23. The zero-order chi connectivity index (χ0) is 13.9. The Bertz CT molecular complexity index is 543. The standard InChI is InChI=1S/C11H16N2O5S/c1-12-19(15,16)10-4-3-9(18-10)11(14)13-5-2-7-17-8-6-13/h3-4,12H,2,5-8H2,1H3. The molecule has 0 atom stereocenters. The first-order valence-corrected chi connectivity index (χ1v) is 7.43. The van der Waals surface area contributed by atoms with E-state index in [1.54, 1.807) is 4.90 Å². The Morgan fingerprint density at radius 1 is 1.32 bits per heavy atom. The van der Waals surface area contributed by atoms with Gasteiger partial charge in [-0.15, -0.1) is 0 Å². The van der Waals surface area contributed by atoms with Crippen LogP contribution in [0.2, 0.25) is 0 Å². The van der Waals surface area contributed by atoms with Gasteiger partial charge in [-0.3, -0.25) is 4.79 Å². The minimum Gasteiger partial charge on any atom is -0.438 e. The van der Waals surface area contributed by atoms with Crippen LogP contribution in [0.15, 0.2) is 21.6 Å². The number of amides is 1. The van der Waals surface area contributed by atoms with Crippen LogP contribution >= 0.6 is 0 Å². The van der Waals surface area contributed by atoms with Crippen LogP contribution in [0.4, 0.5) is 0 Å². The fraction of sp³-hybridized carbons (Fsp3) is 0.545. The fourth-order valence-corrected chi connectivity index (χ4v) is 2.43. The van der Waals surface area contributed by atoms with Crippen LogP contribution in [0.5, 0.6) is 0 Å². The molecule has 0 radical (unpaired) electrons. The van der Waals surface area contributed by atoms with Crippen molar-refractivity contribution in [2.45, 2.75) is 11.5 Å². The first-order valence-electron chi connectivity index (χ1n) is 5.95. The van der Waals surface area contributed by atoms with Crippen molar-refractivity contribution < 1.29 is 22.4 Å². The van der Waals surface area contributed by atoms with Crippen LogP contribution in [0.1, 0.15) is 17.0 Å². The van der Waals surface area contributed by atoms with E-state index >= 15 is 0 Å². The summed E-state index contributed by atoms with van der Waals surface area (Å²) in [6, 6.07) is 2.64. The minimum atomic E-state index is -3.66. The number of sulfonamides is 1. The topological polar surface area (TPSA) is 88.9 Å². The maximum absolute atomic E-state index is 12.1. The summed E-state index contributed by atoms with van der Waals surface area (Å²) in [5.41, 5.74) is 0. The molecule has 1 aliphatic rings. The van der Waals surface area contributed by atoms with E-state index in [0.29, 0.717) is 26.3 Å². The van der Waals surface area contributed by atoms with Gasteiger partial charge in [-0.05, 0) is 25.6 Å². The first-order chi connectivity index (χ1) is 9.04. The van der Waals surface area contributed by atoms with Gasteiger partial charge in [0, 0.05) is 19.7 Å². The van der Waals surface area contributed by atoms with Gasteiger partial charge in [0.2, 0.25) is 5.09 Å². The fourth-order valence-electron chi connectivity index (χ4n) is 1.79. The number of ether oxygens (including phenoxy) is 1. The lowest BCUT2D eigenvalue weighted by atomic mass is 10.3. The summed E-state index contributed by atoms with van der Waals surface area (Å²) >= 11 is 0. The average molecular weight is 288 g/mol. The summed E-state index contributed by atoms with van der Waals surface area (Å²) in [5.74, 6) is -0.293. The lowest BCUT2D eigenvalue weighted by molar-refractivity contribution is 0.0704. The SMILES string of the molecule is CNS(=O)(=O)c1ccc(C(=O)N2CCCOCC2)o1. The number of rotatable bonds is 3. The van der Waals surface area contributed by atoms with Crippen molar-refractivity contribution in [3.8, 4) is 0 Å². The molecule has 106 valence electrons. The Hall–Kier alpha value is -1.38. The number of carbonyl (C=O) groups excluding carboxylic acids is 1. The van der Waals surface area contributed by atoms with Crippen molar-refractivity contribution in [3.05, 3.63) is 17.9 Å². The molecule has 1 fully saturated rings. The second-order valence-electron chi connectivity index (χ2n) is 4.08. The summed E-state index contributed by atoms with van der Waals surface area (Å²) < 4.78 is 35.5. The van der Waals surface area contributed by atoms with E-state index in [2.05, 4.69) is 4.72 Å². The van der Waals surface area contributed by atoms with Crippen LogP contribution in [0.25, 0.3) is 0 Å². The molecule has 19 heavy (non-hydrogen) atoms. The van der Waals surface area contributed by atoms with Crippen molar-refractivity contribution in [3.63, 3.8) is 0 Å². The lowest BCUT2D eigenvalue weighted by Crippen LogP contribution is -2.32. The molecule has 1 aliphatic heterocycles. The van der Waals surface area contributed by atoms with Crippen LogP contribution in [0, 0.1) is 0 Å². The second kappa shape index (κ2) is 5.72. The molecule has 0 aliphatic carbocycles. The van der Waals surface area contributed by atoms with E-state index in [4.69, 9.17) is 9.15 Å². The smallest absolute Gasteiger partial charge is 0.289 e. The zero-order valence-electron chi connectivity index (χ0n) is 10.6. The molecule has 2 heterocycles. The third-order valence-electron chi connectivity index (χ3n) is 2.84. The van der Waals surface area contributed by atoms with Crippen LogP contribution in [-0.2, 0) is 14.8 Å². The zero-order valence-corrected chi connectivity index (χ0v) is 11.4. The summed E-state index contributed by atoms with van der Waals surface area (Å²) in [7, 11) is -2.38. The van der Waals surface area contributed by atoms with Crippen LogP contribution < -0.4 is 4.72 Å². The maximum Gasteiger partial charge on any atom is 0.289 e. The van der Waals surface area contributed by atoms with Crippen LogP contribution in [-0.4, -0.2) is 52.6 Å². The number of hydrogen-bond acceptors (Lipinski definition) is 5. The number of carbonyl (C=O) groups is 1. The van der Waals surface area contributed by atoms with Crippen molar-refractivity contribution in [1.29, 1.82) is 0 Å². The predicted octanol–water partition coefficient (Wildman–Crippen LogP) is 0.0502. The number of nitrogens with zero attached hydrogens (tertiary/aromatic N) is 1. The molecular weight excluding hydrogens is 272 g/mol. The molecule has 8 heteroatoms. The van der Waals surface area contributed by atoms with Gasteiger partial charge in [0.05, 0.1) is 6.61 Å². The van der Waals surface area contributed by atoms with Gasteiger partial charge in [0.1, 0.15) is 0 Å². The highest BCUT2D eigenvalue weighted by Gasteiger charge is 2.23. The third kappa shape index (κ3) is 3.14. The lowest BCUT2D eigenvalue weighted by Gasteiger charge is -2.17. The van der Waals surface area contributed by atoms with E-state index in [1.807, 2.05) is 0 Å². The van der Waals surface area contributed by atoms with Crippen molar-refractivity contribution >= 4 is 15.9 Å². The van der Waals surface area contributed by atoms with Gasteiger partial charge >= 0.3 is 0 Å². The predicted molar refractivity (Wildman–Crippen MR) is 66.3 cm³/mol. The molecule has 0 saturated carbocycles. The largest absolute Gasteiger partial charge is 0.438 e. The van der Waals surface area contributed by atoms with Crippen LogP contribution in [0.3, 0.4) is 0 Å². The van der Waals surface area contributed by atoms with E-state index in [-0.39, 0.29) is 16.8 Å². The molecule has 0 aromatic carbocycles. The third-order valence-corrected chi connectivity index (χ3v) is 4.12. The average Bonchev–Trinajstić information content (AvgIpc) is 2.75. The highest BCUT2D eigenvalue weighted by atomic mass is 32.2. The number of nitrogens with one attached hydrogen (secondary N) is 1. The summed E-state index contributed by atoms with van der Waals surface area (Å²) in [4.78, 5) is 13.7. The molecule has 1 aromatic rings. The van der Waals surface area contributed by atoms with E-state index in [9.17, 15) is 13.2 Å². The monoisotopic (exact) mass is 288 g/mol. The number of hydrogen-bond donors (Lipinski definition) is 1. The molecule has 1 amide bonds. The van der Waals surface area contributed by atoms with Crippen molar-refractivity contribution in [2.75, 3.05) is 33.4 Å². The summed E-state index contributed by atoms with van der Waals surface area (Å²) in [6.07, 6.45) is 0.758. The molecular formula is C11H16N2O5S. The van der Waals surface area contributed by atoms with Gasteiger partial charge in [0.15, 0.2) is 5.76 Å². The molecule has 0 spiro atoms. The Balaban J connectivity index is 2.16. The van der Waals surface area contributed by atoms with Gasteiger partial charge in [-0.2, -0.15) is 0 Å². The van der Waals surface area contributed by atoms with Gasteiger partial charge < -0.3 is 14.1 Å². The van der Waals surface area contributed by atoms with Gasteiger partial charge in [-0.1, -0.05) is 0 Å². The summed E-state index contributed by atoms with van der Waals surface area (Å²) in [5, 5.41) is -0.260. The van der Waals surface area contributed by atoms with Gasteiger partial charge in [0.25, 0.3) is 15.9 Å². The molecule has 0 unspecified atom stereocenters. The molecule has 0 bridgehead atoms. The summed E-state index contributed by atoms with van der Waals surface area (Å²) in [6.45, 7) is 2.16. The molecule has 1 saturated heterocycles. The van der Waals surface area contributed by atoms with Crippen molar-refractivity contribution in [1.82, 2.24) is 9.62 Å². The second-order valence-corrected chi connectivity index (χ2v) is 5.90.